The number of benzene rings is 1. The van der Waals surface area contributed by atoms with Gasteiger partial charge in [-0.2, -0.15) is 0 Å². The molecule has 2 aromatic rings. The number of furan rings is 1. The summed E-state index contributed by atoms with van der Waals surface area (Å²) in [7, 11) is 1.64. The highest BCUT2D eigenvalue weighted by Gasteiger charge is 2.13. The number of rotatable bonds is 8. The van der Waals surface area contributed by atoms with Crippen LogP contribution in [0.1, 0.15) is 35.0 Å². The van der Waals surface area contributed by atoms with Crippen molar-refractivity contribution in [1.82, 2.24) is 10.6 Å². The molecular weight excluding hydrogens is 320 g/mol. The minimum Gasteiger partial charge on any atom is -0.497 e. The number of hydrogen-bond acceptors (Lipinski definition) is 4. The predicted octanol–water partition coefficient (Wildman–Crippen LogP) is 2.46. The fourth-order valence-electron chi connectivity index (χ4n) is 2.45. The van der Waals surface area contributed by atoms with E-state index in [-0.39, 0.29) is 24.4 Å². The molecule has 2 amide bonds. The lowest BCUT2D eigenvalue weighted by Crippen LogP contribution is -2.41. The summed E-state index contributed by atoms with van der Waals surface area (Å²) in [6.07, 6.45) is 3.12. The van der Waals surface area contributed by atoms with Crippen molar-refractivity contribution in [2.24, 2.45) is 0 Å². The van der Waals surface area contributed by atoms with Crippen molar-refractivity contribution in [3.05, 3.63) is 53.5 Å². The first kappa shape index (κ1) is 18.6. The minimum atomic E-state index is -0.313. The van der Waals surface area contributed by atoms with Gasteiger partial charge in [0.15, 0.2) is 0 Å². The van der Waals surface area contributed by atoms with Gasteiger partial charge in [0.2, 0.25) is 5.91 Å². The highest BCUT2D eigenvalue weighted by Crippen LogP contribution is 2.13. The number of aryl methyl sites for hydroxylation is 2. The first-order valence-corrected chi connectivity index (χ1v) is 8.24. The number of hydrogen-bond donors (Lipinski definition) is 2. The first-order chi connectivity index (χ1) is 12.0. The number of ether oxygens (including phenoxy) is 1. The highest BCUT2D eigenvalue weighted by atomic mass is 16.5. The van der Waals surface area contributed by atoms with Crippen molar-refractivity contribution < 1.29 is 18.7 Å². The van der Waals surface area contributed by atoms with Crippen LogP contribution in [0.15, 0.2) is 41.0 Å². The van der Waals surface area contributed by atoms with Crippen LogP contribution >= 0.6 is 0 Å². The van der Waals surface area contributed by atoms with Crippen molar-refractivity contribution in [2.75, 3.05) is 13.7 Å². The summed E-state index contributed by atoms with van der Waals surface area (Å²) in [6, 6.07) is 9.47. The van der Waals surface area contributed by atoms with E-state index >= 15 is 0 Å². The normalized spacial score (nSPS) is 11.6. The monoisotopic (exact) mass is 344 g/mol. The third-order valence-corrected chi connectivity index (χ3v) is 3.95. The molecule has 1 heterocycles. The van der Waals surface area contributed by atoms with Crippen LogP contribution in [0, 0.1) is 6.92 Å². The van der Waals surface area contributed by atoms with E-state index in [1.807, 2.05) is 31.2 Å². The van der Waals surface area contributed by atoms with Crippen molar-refractivity contribution in [3.8, 4) is 5.75 Å². The molecule has 2 N–H and O–H groups in total. The molecule has 0 saturated heterocycles. The Morgan fingerprint density at radius 3 is 2.52 bits per heavy atom. The lowest BCUT2D eigenvalue weighted by molar-refractivity contribution is -0.120. The van der Waals surface area contributed by atoms with Gasteiger partial charge in [-0.25, -0.2) is 0 Å². The van der Waals surface area contributed by atoms with Crippen LogP contribution in [0.2, 0.25) is 0 Å². The molecule has 0 unspecified atom stereocenters. The lowest BCUT2D eigenvalue weighted by atomic mass is 10.1. The standard InChI is InChI=1S/C19H24N2O4/c1-13(4-5-15-6-8-16(24-3)9-7-15)21-18(22)12-20-19(23)17-10-11-25-14(17)2/h6-11,13H,4-5,12H2,1-3H3,(H,20,23)(H,21,22)/t13-/m1/s1. The van der Waals surface area contributed by atoms with Gasteiger partial charge < -0.3 is 19.8 Å². The molecule has 0 aliphatic heterocycles. The van der Waals surface area contributed by atoms with Gasteiger partial charge in [0.05, 0.1) is 25.5 Å². The topological polar surface area (TPSA) is 80.6 Å². The molecule has 25 heavy (non-hydrogen) atoms. The van der Waals surface area contributed by atoms with E-state index < -0.39 is 0 Å². The molecule has 0 aliphatic carbocycles. The summed E-state index contributed by atoms with van der Waals surface area (Å²) in [5, 5.41) is 5.48. The molecule has 1 aromatic heterocycles. The fraction of sp³-hybridized carbons (Fsp3) is 0.368. The largest absolute Gasteiger partial charge is 0.497 e. The minimum absolute atomic E-state index is 0.0159. The van der Waals surface area contributed by atoms with Gasteiger partial charge in [-0.1, -0.05) is 12.1 Å². The SMILES string of the molecule is COc1ccc(CC[C@@H](C)NC(=O)CNC(=O)c2ccoc2C)cc1. The molecule has 0 aliphatic rings. The Bertz CT molecular complexity index is 706. The molecule has 134 valence electrons. The molecule has 1 atom stereocenters. The average molecular weight is 344 g/mol. The molecule has 2 rings (SSSR count). The van der Waals surface area contributed by atoms with E-state index in [1.165, 1.54) is 11.8 Å². The van der Waals surface area contributed by atoms with Gasteiger partial charge in [-0.3, -0.25) is 9.59 Å². The maximum absolute atomic E-state index is 11.9. The van der Waals surface area contributed by atoms with Crippen molar-refractivity contribution >= 4 is 11.8 Å². The Kier molecular flexibility index (Phi) is 6.62. The molecule has 6 nitrogen and oxygen atoms in total. The summed E-state index contributed by atoms with van der Waals surface area (Å²) in [4.78, 5) is 23.9. The molecule has 1 aromatic carbocycles. The highest BCUT2D eigenvalue weighted by molar-refractivity contribution is 5.97. The van der Waals surface area contributed by atoms with E-state index in [0.29, 0.717) is 11.3 Å². The maximum atomic E-state index is 11.9. The van der Waals surface area contributed by atoms with Gasteiger partial charge in [-0.05, 0) is 50.5 Å². The third-order valence-electron chi connectivity index (χ3n) is 3.95. The van der Waals surface area contributed by atoms with Crippen molar-refractivity contribution in [2.45, 2.75) is 32.7 Å². The molecule has 0 fully saturated rings. The van der Waals surface area contributed by atoms with E-state index in [0.717, 1.165) is 18.6 Å². The Hall–Kier alpha value is -2.76. The number of methoxy groups -OCH3 is 1. The van der Waals surface area contributed by atoms with Gasteiger partial charge in [0, 0.05) is 6.04 Å². The van der Waals surface area contributed by atoms with Crippen LogP contribution < -0.4 is 15.4 Å². The summed E-state index contributed by atoms with van der Waals surface area (Å²) in [5.74, 6) is 0.837. The summed E-state index contributed by atoms with van der Waals surface area (Å²) >= 11 is 0. The Labute approximate surface area is 147 Å². The Morgan fingerprint density at radius 2 is 1.92 bits per heavy atom. The predicted molar refractivity (Wildman–Crippen MR) is 94.7 cm³/mol. The maximum Gasteiger partial charge on any atom is 0.255 e. The van der Waals surface area contributed by atoms with Gasteiger partial charge >= 0.3 is 0 Å². The number of nitrogens with one attached hydrogen (secondary N) is 2. The van der Waals surface area contributed by atoms with Crippen LogP contribution in [-0.2, 0) is 11.2 Å². The fourth-order valence-corrected chi connectivity index (χ4v) is 2.45. The molecule has 6 heteroatoms. The molecule has 0 spiro atoms. The molecule has 0 radical (unpaired) electrons. The van der Waals surface area contributed by atoms with E-state index in [2.05, 4.69) is 10.6 Å². The quantitative estimate of drug-likeness (QED) is 0.771. The second kappa shape index (κ2) is 8.92. The van der Waals surface area contributed by atoms with Gasteiger partial charge in [0.25, 0.3) is 5.91 Å². The smallest absolute Gasteiger partial charge is 0.255 e. The zero-order chi connectivity index (χ0) is 18.2. The second-order valence-electron chi connectivity index (χ2n) is 5.93. The van der Waals surface area contributed by atoms with E-state index in [1.54, 1.807) is 20.1 Å². The van der Waals surface area contributed by atoms with E-state index in [4.69, 9.17) is 9.15 Å². The molecular formula is C19H24N2O4. The summed E-state index contributed by atoms with van der Waals surface area (Å²) in [6.45, 7) is 3.59. The van der Waals surface area contributed by atoms with Crippen LogP contribution in [-0.4, -0.2) is 31.5 Å². The zero-order valence-corrected chi connectivity index (χ0v) is 14.8. The summed E-state index contributed by atoms with van der Waals surface area (Å²) in [5.41, 5.74) is 1.63. The van der Waals surface area contributed by atoms with Crippen LogP contribution in [0.3, 0.4) is 0 Å². The zero-order valence-electron chi connectivity index (χ0n) is 14.8. The first-order valence-electron chi connectivity index (χ1n) is 8.24. The molecule has 0 saturated carbocycles. The Morgan fingerprint density at radius 1 is 1.20 bits per heavy atom. The van der Waals surface area contributed by atoms with Crippen LogP contribution in [0.25, 0.3) is 0 Å². The van der Waals surface area contributed by atoms with Crippen molar-refractivity contribution in [1.29, 1.82) is 0 Å². The number of carbonyl (C=O) groups is 2. The Balaban J connectivity index is 1.70. The third kappa shape index (κ3) is 5.67. The van der Waals surface area contributed by atoms with Crippen LogP contribution in [0.5, 0.6) is 5.75 Å². The number of amides is 2. The van der Waals surface area contributed by atoms with E-state index in [9.17, 15) is 9.59 Å². The van der Waals surface area contributed by atoms with Gasteiger partial charge in [0.1, 0.15) is 11.5 Å². The molecule has 0 bridgehead atoms. The lowest BCUT2D eigenvalue weighted by Gasteiger charge is -2.14. The summed E-state index contributed by atoms with van der Waals surface area (Å²) < 4.78 is 10.2. The average Bonchev–Trinajstić information content (AvgIpc) is 3.04. The number of carbonyl (C=O) groups excluding carboxylic acids is 2. The second-order valence-corrected chi connectivity index (χ2v) is 5.93. The van der Waals surface area contributed by atoms with Crippen LogP contribution in [0.4, 0.5) is 0 Å². The van der Waals surface area contributed by atoms with Crippen molar-refractivity contribution in [3.63, 3.8) is 0 Å². The van der Waals surface area contributed by atoms with Gasteiger partial charge in [-0.15, -0.1) is 0 Å².